The maximum Gasteiger partial charge on any atom is 0.417 e. The molecule has 0 aliphatic carbocycles. The molecule has 0 spiro atoms. The largest absolute Gasteiger partial charge is 0.417 e. The van der Waals surface area contributed by atoms with Gasteiger partial charge in [0.05, 0.1) is 22.0 Å². The molecule has 0 heterocycles. The van der Waals surface area contributed by atoms with Crippen LogP contribution in [0.15, 0.2) is 47.4 Å². The molecule has 2 aromatic rings. The van der Waals surface area contributed by atoms with Crippen molar-refractivity contribution >= 4 is 41.0 Å². The Balaban J connectivity index is 1.91. The summed E-state index contributed by atoms with van der Waals surface area (Å²) in [6.45, 7) is 0. The number of amides is 3. The number of hydrogen-bond acceptors (Lipinski definition) is 3. The van der Waals surface area contributed by atoms with E-state index in [0.29, 0.717) is 0 Å². The number of benzene rings is 2. The van der Waals surface area contributed by atoms with Crippen LogP contribution in [0.2, 0.25) is 5.02 Å². The Hall–Kier alpha value is -2.26. The van der Waals surface area contributed by atoms with Crippen LogP contribution in [0.5, 0.6) is 0 Å². The Morgan fingerprint density at radius 1 is 1.12 bits per heavy atom. The maximum absolute atomic E-state index is 13.4. The van der Waals surface area contributed by atoms with E-state index in [1.807, 2.05) is 5.32 Å². The van der Waals surface area contributed by atoms with Gasteiger partial charge in [0.1, 0.15) is 5.82 Å². The zero-order valence-corrected chi connectivity index (χ0v) is 14.4. The molecule has 0 saturated heterocycles. The molecule has 10 heteroatoms. The Labute approximate surface area is 154 Å². The van der Waals surface area contributed by atoms with E-state index in [1.54, 1.807) is 0 Å². The molecule has 3 amide bonds. The normalized spacial score (nSPS) is 11.1. The smallest absolute Gasteiger partial charge is 0.305 e. The number of para-hydroxylation sites is 1. The highest BCUT2D eigenvalue weighted by Crippen LogP contribution is 2.36. The average molecular weight is 407 g/mol. The van der Waals surface area contributed by atoms with Crippen LogP contribution in [-0.4, -0.2) is 17.7 Å². The summed E-state index contributed by atoms with van der Waals surface area (Å²) in [5, 5.41) is 3.66. The molecule has 0 atom stereocenters. The summed E-state index contributed by atoms with van der Waals surface area (Å²) in [6.07, 6.45) is -4.62. The van der Waals surface area contributed by atoms with Gasteiger partial charge in [-0.1, -0.05) is 23.7 Å². The summed E-state index contributed by atoms with van der Waals surface area (Å²) < 4.78 is 51.7. The minimum atomic E-state index is -4.62. The first-order valence-electron chi connectivity index (χ1n) is 7.01. The summed E-state index contributed by atoms with van der Waals surface area (Å²) in [5.41, 5.74) is -1.13. The maximum atomic E-state index is 13.4. The van der Waals surface area contributed by atoms with Gasteiger partial charge in [0.15, 0.2) is 0 Å². The predicted molar refractivity (Wildman–Crippen MR) is 90.7 cm³/mol. The van der Waals surface area contributed by atoms with E-state index in [4.69, 9.17) is 11.6 Å². The van der Waals surface area contributed by atoms with Crippen molar-refractivity contribution in [2.24, 2.45) is 0 Å². The summed E-state index contributed by atoms with van der Waals surface area (Å²) in [6, 6.07) is 7.64. The minimum Gasteiger partial charge on any atom is -0.305 e. The van der Waals surface area contributed by atoms with E-state index >= 15 is 0 Å². The van der Waals surface area contributed by atoms with Crippen molar-refractivity contribution in [3.05, 3.63) is 58.9 Å². The van der Waals surface area contributed by atoms with Crippen molar-refractivity contribution in [3.63, 3.8) is 0 Å². The number of nitrogens with one attached hydrogen (secondary N) is 2. The molecule has 2 rings (SSSR count). The van der Waals surface area contributed by atoms with Crippen LogP contribution >= 0.6 is 23.4 Å². The fourth-order valence-corrected chi connectivity index (χ4v) is 2.80. The second-order valence-corrected chi connectivity index (χ2v) is 6.37. The number of anilines is 1. The van der Waals surface area contributed by atoms with E-state index in [2.05, 4.69) is 5.32 Å². The van der Waals surface area contributed by atoms with Crippen molar-refractivity contribution in [3.8, 4) is 0 Å². The Morgan fingerprint density at radius 2 is 1.81 bits per heavy atom. The summed E-state index contributed by atoms with van der Waals surface area (Å²) in [7, 11) is 0. The lowest BCUT2D eigenvalue weighted by Crippen LogP contribution is -2.35. The lowest BCUT2D eigenvalue weighted by Gasteiger charge is -2.11. The van der Waals surface area contributed by atoms with Gasteiger partial charge in [-0.15, -0.1) is 11.8 Å². The number of alkyl halides is 3. The van der Waals surface area contributed by atoms with Gasteiger partial charge in [0, 0.05) is 4.90 Å². The van der Waals surface area contributed by atoms with E-state index in [9.17, 15) is 27.2 Å². The van der Waals surface area contributed by atoms with Gasteiger partial charge in [-0.2, -0.15) is 13.2 Å². The third-order valence-electron chi connectivity index (χ3n) is 2.99. The highest BCUT2D eigenvalue weighted by atomic mass is 35.5. The van der Waals surface area contributed by atoms with Gasteiger partial charge in [-0.05, 0) is 30.3 Å². The average Bonchev–Trinajstić information content (AvgIpc) is 2.55. The second-order valence-electron chi connectivity index (χ2n) is 4.91. The van der Waals surface area contributed by atoms with E-state index < -0.39 is 34.5 Å². The van der Waals surface area contributed by atoms with Crippen molar-refractivity contribution in [1.29, 1.82) is 0 Å². The van der Waals surface area contributed by atoms with E-state index in [-0.39, 0.29) is 16.3 Å². The molecule has 138 valence electrons. The molecule has 26 heavy (non-hydrogen) atoms. The first-order valence-corrected chi connectivity index (χ1v) is 8.38. The SMILES string of the molecule is O=C(CSc1ccc(Cl)c(C(F)(F)F)c1)NC(=O)Nc1ccccc1F. The monoisotopic (exact) mass is 406 g/mol. The molecule has 4 nitrogen and oxygen atoms in total. The molecular formula is C16H11ClF4N2O2S. The van der Waals surface area contributed by atoms with Crippen LogP contribution < -0.4 is 10.6 Å². The quantitative estimate of drug-likeness (QED) is 0.558. The number of hydrogen-bond donors (Lipinski definition) is 2. The van der Waals surface area contributed by atoms with Gasteiger partial charge in [-0.3, -0.25) is 10.1 Å². The van der Waals surface area contributed by atoms with Crippen molar-refractivity contribution < 1.29 is 27.2 Å². The number of halogens is 5. The zero-order chi connectivity index (χ0) is 19.3. The molecule has 0 fully saturated rings. The molecule has 2 aromatic carbocycles. The van der Waals surface area contributed by atoms with Crippen molar-refractivity contribution in [1.82, 2.24) is 5.32 Å². The minimum absolute atomic E-state index is 0.113. The third kappa shape index (κ3) is 5.63. The standard InChI is InChI=1S/C16H11ClF4N2O2S/c17-11-6-5-9(7-10(11)16(19,20)21)26-8-14(24)23-15(25)22-13-4-2-1-3-12(13)18/h1-7H,8H2,(H2,22,23,24,25). The molecule has 0 unspecified atom stereocenters. The molecule has 0 aromatic heterocycles. The van der Waals surface area contributed by atoms with Crippen LogP contribution in [0.4, 0.5) is 28.0 Å². The summed E-state index contributed by atoms with van der Waals surface area (Å²) in [5.74, 6) is -1.75. The van der Waals surface area contributed by atoms with Crippen LogP contribution in [0.3, 0.4) is 0 Å². The first kappa shape index (κ1) is 20.1. The number of rotatable bonds is 4. The highest BCUT2D eigenvalue weighted by molar-refractivity contribution is 8.00. The number of imide groups is 1. The Bertz CT molecular complexity index is 830. The summed E-state index contributed by atoms with van der Waals surface area (Å²) >= 11 is 6.30. The number of urea groups is 1. The molecule has 0 bridgehead atoms. The van der Waals surface area contributed by atoms with E-state index in [0.717, 1.165) is 30.0 Å². The lowest BCUT2D eigenvalue weighted by atomic mass is 10.2. The van der Waals surface area contributed by atoms with Gasteiger partial charge in [0.25, 0.3) is 0 Å². The molecule has 0 aliphatic rings. The lowest BCUT2D eigenvalue weighted by molar-refractivity contribution is -0.137. The van der Waals surface area contributed by atoms with Crippen LogP contribution in [0, 0.1) is 5.82 Å². The van der Waals surface area contributed by atoms with Crippen molar-refractivity contribution in [2.75, 3.05) is 11.1 Å². The number of thioether (sulfide) groups is 1. The zero-order valence-electron chi connectivity index (χ0n) is 12.9. The summed E-state index contributed by atoms with van der Waals surface area (Å²) in [4.78, 5) is 23.5. The van der Waals surface area contributed by atoms with E-state index in [1.165, 1.54) is 24.3 Å². The topological polar surface area (TPSA) is 58.2 Å². The van der Waals surface area contributed by atoms with Gasteiger partial charge in [0.2, 0.25) is 5.91 Å². The first-order chi connectivity index (χ1) is 12.2. The van der Waals surface area contributed by atoms with Gasteiger partial charge < -0.3 is 5.32 Å². The molecule has 0 saturated carbocycles. The second kappa shape index (κ2) is 8.41. The van der Waals surface area contributed by atoms with Gasteiger partial charge >= 0.3 is 12.2 Å². The van der Waals surface area contributed by atoms with Gasteiger partial charge in [-0.25, -0.2) is 9.18 Å². The molecular weight excluding hydrogens is 396 g/mol. The predicted octanol–water partition coefficient (Wildman–Crippen LogP) is 4.94. The van der Waals surface area contributed by atoms with Crippen LogP contribution in [0.25, 0.3) is 0 Å². The van der Waals surface area contributed by atoms with Crippen molar-refractivity contribution in [2.45, 2.75) is 11.1 Å². The number of carbonyl (C=O) groups excluding carboxylic acids is 2. The fourth-order valence-electron chi connectivity index (χ4n) is 1.84. The number of carbonyl (C=O) groups is 2. The molecule has 2 N–H and O–H groups in total. The third-order valence-corrected chi connectivity index (χ3v) is 4.31. The fraction of sp³-hybridized carbons (Fsp3) is 0.125. The molecule has 0 aliphatic heterocycles. The Morgan fingerprint density at radius 3 is 2.46 bits per heavy atom. The Kier molecular flexibility index (Phi) is 6.49. The highest BCUT2D eigenvalue weighted by Gasteiger charge is 2.33. The molecule has 0 radical (unpaired) electrons. The van der Waals surface area contributed by atoms with Crippen LogP contribution in [0.1, 0.15) is 5.56 Å². The van der Waals surface area contributed by atoms with Crippen LogP contribution in [-0.2, 0) is 11.0 Å².